The number of benzene rings is 3. The molecule has 1 unspecified atom stereocenters. The summed E-state index contributed by atoms with van der Waals surface area (Å²) < 4.78 is 7.16. The van der Waals surface area contributed by atoms with Crippen LogP contribution in [-0.2, 0) is 4.79 Å². The Balaban J connectivity index is 1.71. The third-order valence-corrected chi connectivity index (χ3v) is 6.16. The molecule has 4 rings (SSSR count). The van der Waals surface area contributed by atoms with Gasteiger partial charge in [0.05, 0.1) is 22.6 Å². The fourth-order valence-electron chi connectivity index (χ4n) is 3.57. The third-order valence-electron chi connectivity index (χ3n) is 5.67. The van der Waals surface area contributed by atoms with Crippen molar-refractivity contribution in [1.82, 2.24) is 14.5 Å². The second-order valence-corrected chi connectivity index (χ2v) is 8.90. The molecule has 174 valence electrons. The van der Waals surface area contributed by atoms with Gasteiger partial charge in [0.1, 0.15) is 11.6 Å². The molecular formula is C26H23Cl2N3O3. The van der Waals surface area contributed by atoms with E-state index < -0.39 is 6.04 Å². The van der Waals surface area contributed by atoms with Crippen molar-refractivity contribution < 1.29 is 9.53 Å². The van der Waals surface area contributed by atoms with E-state index in [4.69, 9.17) is 32.9 Å². The van der Waals surface area contributed by atoms with Crippen molar-refractivity contribution in [3.8, 4) is 11.4 Å². The first-order valence-corrected chi connectivity index (χ1v) is 11.4. The highest BCUT2D eigenvalue weighted by atomic mass is 35.5. The van der Waals surface area contributed by atoms with E-state index >= 15 is 0 Å². The van der Waals surface area contributed by atoms with Gasteiger partial charge in [0, 0.05) is 17.1 Å². The molecule has 3 aromatic carbocycles. The lowest BCUT2D eigenvalue weighted by Gasteiger charge is -2.27. The number of rotatable bonds is 6. The summed E-state index contributed by atoms with van der Waals surface area (Å²) in [5.41, 5.74) is 1.98. The zero-order valence-electron chi connectivity index (χ0n) is 19.0. The van der Waals surface area contributed by atoms with Crippen molar-refractivity contribution in [1.29, 1.82) is 0 Å². The molecule has 8 heteroatoms. The summed E-state index contributed by atoms with van der Waals surface area (Å²) in [6.07, 6.45) is 0. The van der Waals surface area contributed by atoms with Gasteiger partial charge in [-0.3, -0.25) is 14.2 Å². The summed E-state index contributed by atoms with van der Waals surface area (Å²) >= 11 is 12.1. The topological polar surface area (TPSA) is 64.4 Å². The predicted octanol–water partition coefficient (Wildman–Crippen LogP) is 5.60. The van der Waals surface area contributed by atoms with Crippen LogP contribution in [0, 0.1) is 6.92 Å². The van der Waals surface area contributed by atoms with Crippen LogP contribution in [0.1, 0.15) is 24.4 Å². The number of carbonyl (C=O) groups excluding carboxylic acids is 1. The largest absolute Gasteiger partial charge is 0.484 e. The molecule has 6 nitrogen and oxygen atoms in total. The Kier molecular flexibility index (Phi) is 6.91. The molecule has 0 radical (unpaired) electrons. The van der Waals surface area contributed by atoms with E-state index in [1.165, 1.54) is 4.90 Å². The highest BCUT2D eigenvalue weighted by Gasteiger charge is 2.24. The molecule has 1 amide bonds. The lowest BCUT2D eigenvalue weighted by atomic mass is 10.1. The molecule has 34 heavy (non-hydrogen) atoms. The maximum absolute atomic E-state index is 13.5. The molecule has 1 heterocycles. The molecule has 4 aromatic rings. The number of amides is 1. The van der Waals surface area contributed by atoms with Gasteiger partial charge in [0.25, 0.3) is 11.5 Å². The van der Waals surface area contributed by atoms with Crippen molar-refractivity contribution in [2.75, 3.05) is 13.7 Å². The molecule has 0 saturated heterocycles. The fraction of sp³-hybridized carbons (Fsp3) is 0.192. The van der Waals surface area contributed by atoms with Gasteiger partial charge in [0.15, 0.2) is 6.61 Å². The smallest absolute Gasteiger partial charge is 0.266 e. The summed E-state index contributed by atoms with van der Waals surface area (Å²) in [5, 5.41) is 1.51. The van der Waals surface area contributed by atoms with E-state index in [0.29, 0.717) is 38.2 Å². The van der Waals surface area contributed by atoms with Gasteiger partial charge >= 0.3 is 0 Å². The Labute approximate surface area is 207 Å². The number of carbonyl (C=O) groups is 1. The summed E-state index contributed by atoms with van der Waals surface area (Å²) in [5.74, 6) is 0.693. The molecule has 0 fully saturated rings. The van der Waals surface area contributed by atoms with Gasteiger partial charge in [-0.1, -0.05) is 40.9 Å². The van der Waals surface area contributed by atoms with Gasteiger partial charge in [-0.15, -0.1) is 0 Å². The molecule has 0 spiro atoms. The number of aromatic nitrogens is 2. The van der Waals surface area contributed by atoms with Crippen molar-refractivity contribution in [2.24, 2.45) is 0 Å². The van der Waals surface area contributed by atoms with Crippen molar-refractivity contribution >= 4 is 40.0 Å². The van der Waals surface area contributed by atoms with Crippen LogP contribution < -0.4 is 10.3 Å². The van der Waals surface area contributed by atoms with Crippen LogP contribution in [0.25, 0.3) is 16.6 Å². The molecule has 1 aromatic heterocycles. The Morgan fingerprint density at radius 3 is 2.35 bits per heavy atom. The summed E-state index contributed by atoms with van der Waals surface area (Å²) in [6.45, 7) is 3.63. The van der Waals surface area contributed by atoms with E-state index in [-0.39, 0.29) is 18.1 Å². The maximum atomic E-state index is 13.5. The Morgan fingerprint density at radius 1 is 1.03 bits per heavy atom. The van der Waals surface area contributed by atoms with Gasteiger partial charge in [-0.25, -0.2) is 4.98 Å². The van der Waals surface area contributed by atoms with Crippen LogP contribution >= 0.6 is 23.2 Å². The summed E-state index contributed by atoms with van der Waals surface area (Å²) in [6, 6.07) is 18.8. The lowest BCUT2D eigenvalue weighted by Crippen LogP contribution is -2.37. The molecule has 0 N–H and O–H groups in total. The van der Waals surface area contributed by atoms with E-state index in [1.807, 2.05) is 38.1 Å². The number of aryl methyl sites for hydroxylation is 1. The van der Waals surface area contributed by atoms with Crippen LogP contribution in [-0.4, -0.2) is 34.0 Å². The first-order valence-electron chi connectivity index (χ1n) is 10.7. The van der Waals surface area contributed by atoms with Crippen LogP contribution in [0.2, 0.25) is 10.0 Å². The second-order valence-electron chi connectivity index (χ2n) is 8.03. The minimum atomic E-state index is -0.529. The predicted molar refractivity (Wildman–Crippen MR) is 135 cm³/mol. The number of nitrogens with zero attached hydrogens (tertiary/aromatic N) is 3. The molecule has 0 saturated carbocycles. The van der Waals surface area contributed by atoms with Gasteiger partial charge in [0.2, 0.25) is 0 Å². The molecule has 0 aliphatic heterocycles. The second kappa shape index (κ2) is 9.87. The molecule has 0 bridgehead atoms. The number of fused-ring (bicyclic) bond motifs is 1. The average Bonchev–Trinajstić information content (AvgIpc) is 2.83. The van der Waals surface area contributed by atoms with E-state index in [1.54, 1.807) is 54.1 Å². The van der Waals surface area contributed by atoms with Gasteiger partial charge in [-0.2, -0.15) is 0 Å². The normalized spacial score (nSPS) is 11.9. The highest BCUT2D eigenvalue weighted by molar-refractivity contribution is 6.31. The maximum Gasteiger partial charge on any atom is 0.266 e. The zero-order chi connectivity index (χ0) is 24.4. The lowest BCUT2D eigenvalue weighted by molar-refractivity contribution is -0.134. The monoisotopic (exact) mass is 495 g/mol. The zero-order valence-corrected chi connectivity index (χ0v) is 20.5. The minimum absolute atomic E-state index is 0.170. The SMILES string of the molecule is Cc1ccc(-n2c(C(C)N(C)C(=O)COc3ccc(Cl)cc3)nc3cc(Cl)ccc3c2=O)cc1. The summed E-state index contributed by atoms with van der Waals surface area (Å²) in [7, 11) is 1.66. The van der Waals surface area contributed by atoms with Crippen LogP contribution in [0.15, 0.2) is 71.5 Å². The van der Waals surface area contributed by atoms with Gasteiger partial charge < -0.3 is 9.64 Å². The highest BCUT2D eigenvalue weighted by Crippen LogP contribution is 2.24. The average molecular weight is 496 g/mol. The number of hydrogen-bond donors (Lipinski definition) is 0. The molecule has 0 aliphatic carbocycles. The Hall–Kier alpha value is -3.35. The number of halogens is 2. The first kappa shape index (κ1) is 23.8. The molecular weight excluding hydrogens is 473 g/mol. The quantitative estimate of drug-likeness (QED) is 0.349. The van der Waals surface area contributed by atoms with E-state index in [2.05, 4.69) is 0 Å². The number of likely N-dealkylation sites (N-methyl/N-ethyl adjacent to an activating group) is 1. The van der Waals surface area contributed by atoms with E-state index in [0.717, 1.165) is 5.56 Å². The fourth-order valence-corrected chi connectivity index (χ4v) is 3.86. The molecule has 1 atom stereocenters. The minimum Gasteiger partial charge on any atom is -0.484 e. The first-order chi connectivity index (χ1) is 16.2. The summed E-state index contributed by atoms with van der Waals surface area (Å²) in [4.78, 5) is 32.7. The Morgan fingerprint density at radius 2 is 1.68 bits per heavy atom. The van der Waals surface area contributed by atoms with Crippen molar-refractivity contribution in [3.63, 3.8) is 0 Å². The van der Waals surface area contributed by atoms with Crippen molar-refractivity contribution in [3.05, 3.63) is 98.5 Å². The molecule has 0 aliphatic rings. The number of hydrogen-bond acceptors (Lipinski definition) is 4. The van der Waals surface area contributed by atoms with E-state index in [9.17, 15) is 9.59 Å². The van der Waals surface area contributed by atoms with Crippen LogP contribution in [0.5, 0.6) is 5.75 Å². The number of ether oxygens (including phenoxy) is 1. The van der Waals surface area contributed by atoms with Crippen LogP contribution in [0.3, 0.4) is 0 Å². The standard InChI is InChI=1S/C26H23Cl2N3O3/c1-16-4-9-20(10-5-16)31-25(29-23-14-19(28)8-13-22(23)26(31)33)17(2)30(3)24(32)15-34-21-11-6-18(27)7-12-21/h4-14,17H,15H2,1-3H3. The Bertz CT molecular complexity index is 1400. The van der Waals surface area contributed by atoms with Crippen LogP contribution in [0.4, 0.5) is 0 Å². The van der Waals surface area contributed by atoms with Gasteiger partial charge in [-0.05, 0) is 68.4 Å². The van der Waals surface area contributed by atoms with Crippen molar-refractivity contribution in [2.45, 2.75) is 19.9 Å². The third kappa shape index (κ3) is 4.93.